The zero-order valence-corrected chi connectivity index (χ0v) is 8.16. The van der Waals surface area contributed by atoms with E-state index in [1.165, 1.54) is 17.1 Å². The second-order valence-electron chi connectivity index (χ2n) is 2.70. The maximum absolute atomic E-state index is 11.1. The van der Waals surface area contributed by atoms with E-state index in [1.54, 1.807) is 6.92 Å². The van der Waals surface area contributed by atoms with E-state index < -0.39 is 9.84 Å². The van der Waals surface area contributed by atoms with Crippen LogP contribution < -0.4 is 0 Å². The lowest BCUT2D eigenvalue weighted by molar-refractivity contribution is 0.473. The molecule has 0 spiro atoms. The first-order chi connectivity index (χ1) is 6.03. The summed E-state index contributed by atoms with van der Waals surface area (Å²) < 4.78 is 23.6. The largest absolute Gasteiger partial charge is 0.505 e. The van der Waals surface area contributed by atoms with Crippen molar-refractivity contribution in [3.8, 4) is 5.75 Å². The lowest BCUT2D eigenvalue weighted by Crippen LogP contribution is -2.14. The summed E-state index contributed by atoms with van der Waals surface area (Å²) in [6.07, 6.45) is 2.67. The second-order valence-corrected chi connectivity index (χ2v) is 5.17. The molecule has 0 bridgehead atoms. The summed E-state index contributed by atoms with van der Waals surface area (Å²) in [6, 6.07) is 0. The van der Waals surface area contributed by atoms with Gasteiger partial charge in [-0.3, -0.25) is 4.68 Å². The van der Waals surface area contributed by atoms with Gasteiger partial charge in [-0.2, -0.15) is 5.10 Å². The fourth-order valence-corrected chi connectivity index (χ4v) is 1.61. The van der Waals surface area contributed by atoms with Crippen LogP contribution in [0, 0.1) is 0 Å². The van der Waals surface area contributed by atoms with Gasteiger partial charge in [0.05, 0.1) is 24.7 Å². The van der Waals surface area contributed by atoms with Gasteiger partial charge in [-0.25, -0.2) is 8.42 Å². The summed E-state index contributed by atoms with van der Waals surface area (Å²) in [6.45, 7) is 1.90. The van der Waals surface area contributed by atoms with Gasteiger partial charge in [0.15, 0.2) is 15.6 Å². The summed E-state index contributed by atoms with van der Waals surface area (Å²) in [7, 11) is -2.95. The van der Waals surface area contributed by atoms with Crippen LogP contribution in [0.2, 0.25) is 0 Å². The van der Waals surface area contributed by atoms with Gasteiger partial charge < -0.3 is 5.11 Å². The Labute approximate surface area is 76.9 Å². The Morgan fingerprint density at radius 3 is 2.77 bits per heavy atom. The predicted octanol–water partition coefficient (Wildman–Crippen LogP) is 0.0234. The van der Waals surface area contributed by atoms with Crippen LogP contribution in [0.15, 0.2) is 12.4 Å². The fraction of sp³-hybridized carbons (Fsp3) is 0.571. The highest BCUT2D eigenvalue weighted by atomic mass is 32.2. The highest BCUT2D eigenvalue weighted by Crippen LogP contribution is 2.04. The molecular weight excluding hydrogens is 192 g/mol. The summed E-state index contributed by atoms with van der Waals surface area (Å²) in [5.74, 6) is 0.249. The molecule has 1 N–H and O–H groups in total. The minimum Gasteiger partial charge on any atom is -0.505 e. The number of hydrogen-bond acceptors (Lipinski definition) is 4. The summed E-state index contributed by atoms with van der Waals surface area (Å²) in [4.78, 5) is 0. The van der Waals surface area contributed by atoms with Crippen molar-refractivity contribution in [3.63, 3.8) is 0 Å². The number of sulfone groups is 1. The van der Waals surface area contributed by atoms with Crippen LogP contribution in [0.25, 0.3) is 0 Å². The quantitative estimate of drug-likeness (QED) is 0.750. The van der Waals surface area contributed by atoms with Gasteiger partial charge >= 0.3 is 0 Å². The van der Waals surface area contributed by atoms with Gasteiger partial charge in [0.2, 0.25) is 0 Å². The molecule has 0 aliphatic rings. The van der Waals surface area contributed by atoms with E-state index in [0.29, 0.717) is 0 Å². The third-order valence-corrected chi connectivity index (χ3v) is 3.38. The molecule has 1 aromatic rings. The fourth-order valence-electron chi connectivity index (χ4n) is 0.852. The third-order valence-electron chi connectivity index (χ3n) is 1.69. The summed E-state index contributed by atoms with van der Waals surface area (Å²) >= 11 is 0. The first-order valence-electron chi connectivity index (χ1n) is 3.95. The van der Waals surface area contributed by atoms with Crippen LogP contribution in [0.4, 0.5) is 0 Å². The van der Waals surface area contributed by atoms with Crippen LogP contribution in [-0.2, 0) is 16.4 Å². The Hall–Kier alpha value is -1.04. The number of nitrogens with zero attached hydrogens (tertiary/aromatic N) is 2. The van der Waals surface area contributed by atoms with E-state index in [0.717, 1.165) is 0 Å². The smallest absolute Gasteiger partial charge is 0.153 e. The molecule has 0 aliphatic heterocycles. The molecule has 0 aromatic carbocycles. The van der Waals surface area contributed by atoms with Crippen LogP contribution in [-0.4, -0.2) is 34.8 Å². The molecule has 74 valence electrons. The zero-order chi connectivity index (χ0) is 9.90. The van der Waals surface area contributed by atoms with Crippen molar-refractivity contribution in [2.45, 2.75) is 13.5 Å². The maximum atomic E-state index is 11.1. The van der Waals surface area contributed by atoms with E-state index in [2.05, 4.69) is 5.10 Å². The molecule has 1 aromatic heterocycles. The second kappa shape index (κ2) is 3.78. The molecule has 1 heterocycles. The SMILES string of the molecule is CCS(=O)(=O)CCn1cc(O)cn1. The number of aryl methyl sites for hydroxylation is 1. The van der Waals surface area contributed by atoms with Crippen molar-refractivity contribution in [1.29, 1.82) is 0 Å². The Morgan fingerprint density at radius 2 is 2.31 bits per heavy atom. The van der Waals surface area contributed by atoms with E-state index in [-0.39, 0.29) is 23.8 Å². The molecule has 0 fully saturated rings. The normalized spacial score (nSPS) is 11.8. The first-order valence-corrected chi connectivity index (χ1v) is 5.77. The average molecular weight is 204 g/mol. The molecule has 13 heavy (non-hydrogen) atoms. The molecule has 0 atom stereocenters. The first kappa shape index (κ1) is 10.0. The van der Waals surface area contributed by atoms with E-state index in [4.69, 9.17) is 5.11 Å². The summed E-state index contributed by atoms with van der Waals surface area (Å²) in [5.41, 5.74) is 0. The van der Waals surface area contributed by atoms with Crippen LogP contribution >= 0.6 is 0 Å². The molecule has 0 aliphatic carbocycles. The molecule has 0 unspecified atom stereocenters. The number of aromatic hydroxyl groups is 1. The number of aromatic nitrogens is 2. The highest BCUT2D eigenvalue weighted by molar-refractivity contribution is 7.91. The summed E-state index contributed by atoms with van der Waals surface area (Å²) in [5, 5.41) is 12.7. The van der Waals surface area contributed by atoms with Crippen molar-refractivity contribution < 1.29 is 13.5 Å². The third kappa shape index (κ3) is 3.06. The van der Waals surface area contributed by atoms with Crippen LogP contribution in [0.1, 0.15) is 6.92 Å². The van der Waals surface area contributed by atoms with E-state index in [9.17, 15) is 8.42 Å². The number of hydrogen-bond donors (Lipinski definition) is 1. The predicted molar refractivity (Wildman–Crippen MR) is 48.2 cm³/mol. The highest BCUT2D eigenvalue weighted by Gasteiger charge is 2.07. The minimum atomic E-state index is -2.95. The zero-order valence-electron chi connectivity index (χ0n) is 7.34. The van der Waals surface area contributed by atoms with Gasteiger partial charge in [-0.1, -0.05) is 6.92 Å². The molecule has 0 radical (unpaired) electrons. The lowest BCUT2D eigenvalue weighted by Gasteiger charge is -2.00. The lowest BCUT2D eigenvalue weighted by atomic mass is 10.6. The van der Waals surface area contributed by atoms with Crippen molar-refractivity contribution in [3.05, 3.63) is 12.4 Å². The molecule has 5 nitrogen and oxygen atoms in total. The molecular formula is C7H12N2O3S. The van der Waals surface area contributed by atoms with Gasteiger partial charge in [0, 0.05) is 5.75 Å². The van der Waals surface area contributed by atoms with Crippen LogP contribution in [0.3, 0.4) is 0 Å². The van der Waals surface area contributed by atoms with E-state index in [1.807, 2.05) is 0 Å². The Kier molecular flexibility index (Phi) is 2.92. The molecule has 0 amide bonds. The molecule has 0 saturated carbocycles. The van der Waals surface area contributed by atoms with Crippen molar-refractivity contribution in [2.24, 2.45) is 0 Å². The van der Waals surface area contributed by atoms with Crippen LogP contribution in [0.5, 0.6) is 5.75 Å². The standard InChI is InChI=1S/C7H12N2O3S/c1-2-13(11,12)4-3-9-6-7(10)5-8-9/h5-6,10H,2-4H2,1H3. The molecule has 1 rings (SSSR count). The van der Waals surface area contributed by atoms with Crippen molar-refractivity contribution >= 4 is 9.84 Å². The van der Waals surface area contributed by atoms with E-state index >= 15 is 0 Å². The number of rotatable bonds is 4. The Balaban J connectivity index is 2.53. The Bertz CT molecular complexity index is 369. The van der Waals surface area contributed by atoms with Gasteiger partial charge in [-0.15, -0.1) is 0 Å². The Morgan fingerprint density at radius 1 is 1.62 bits per heavy atom. The topological polar surface area (TPSA) is 72.2 Å². The maximum Gasteiger partial charge on any atom is 0.153 e. The molecule has 0 saturated heterocycles. The minimum absolute atomic E-state index is 0.0499. The van der Waals surface area contributed by atoms with Gasteiger partial charge in [-0.05, 0) is 0 Å². The monoisotopic (exact) mass is 204 g/mol. The van der Waals surface area contributed by atoms with Gasteiger partial charge in [0.25, 0.3) is 0 Å². The van der Waals surface area contributed by atoms with Crippen molar-refractivity contribution in [1.82, 2.24) is 9.78 Å². The van der Waals surface area contributed by atoms with Crippen molar-refractivity contribution in [2.75, 3.05) is 11.5 Å². The average Bonchev–Trinajstić information content (AvgIpc) is 2.48. The van der Waals surface area contributed by atoms with Gasteiger partial charge in [0.1, 0.15) is 0 Å². The molecule has 6 heteroatoms.